The van der Waals surface area contributed by atoms with E-state index in [2.05, 4.69) is 49.8 Å². The zero-order chi connectivity index (χ0) is 18.0. The maximum Gasteiger partial charge on any atom is 0.250 e. The van der Waals surface area contributed by atoms with Crippen LogP contribution in [0.15, 0.2) is 11.3 Å². The Labute approximate surface area is 152 Å². The quantitative estimate of drug-likeness (QED) is 0.296. The lowest BCUT2D eigenvalue weighted by molar-refractivity contribution is -0.147. The third-order valence-corrected chi connectivity index (χ3v) is 12.6. The van der Waals surface area contributed by atoms with E-state index < -0.39 is 12.6 Å². The van der Waals surface area contributed by atoms with Gasteiger partial charge in [0.15, 0.2) is 12.6 Å². The Bertz CT molecular complexity index is 595. The zero-order valence-corrected chi connectivity index (χ0v) is 18.5. The van der Waals surface area contributed by atoms with Crippen molar-refractivity contribution in [3.05, 3.63) is 11.3 Å². The summed E-state index contributed by atoms with van der Waals surface area (Å²) in [7, 11) is -2.00. The second kappa shape index (κ2) is 5.71. The Morgan fingerprint density at radius 2 is 1.87 bits per heavy atom. The summed E-state index contributed by atoms with van der Waals surface area (Å²) in [5, 5.41) is -0.169. The van der Waals surface area contributed by atoms with Gasteiger partial charge in [0.05, 0.1) is 11.8 Å². The molecule has 0 bridgehead atoms. The molecule has 0 unspecified atom stereocenters. The molecule has 2 aliphatic heterocycles. The van der Waals surface area contributed by atoms with Crippen LogP contribution in [0.1, 0.15) is 41.5 Å². The number of nitrogens with zero attached hydrogens (tertiary/aromatic N) is 1. The van der Waals surface area contributed by atoms with Gasteiger partial charge in [-0.15, -0.1) is 0 Å². The summed E-state index contributed by atoms with van der Waals surface area (Å²) in [4.78, 5) is 26.7. The van der Waals surface area contributed by atoms with Gasteiger partial charge in [0.2, 0.25) is 5.12 Å². The van der Waals surface area contributed by atoms with Crippen molar-refractivity contribution < 1.29 is 14.0 Å². The van der Waals surface area contributed by atoms with Crippen LogP contribution in [0.2, 0.25) is 18.1 Å². The molecule has 4 nitrogen and oxygen atoms in total. The molecule has 0 saturated carbocycles. The van der Waals surface area contributed by atoms with Crippen LogP contribution in [0, 0.1) is 0 Å². The number of halogens is 1. The molecule has 2 saturated heterocycles. The summed E-state index contributed by atoms with van der Waals surface area (Å²) < 4.78 is 5.60. The molecule has 0 N–H and O–H groups in total. The van der Waals surface area contributed by atoms with Crippen molar-refractivity contribution in [1.29, 1.82) is 0 Å². The first-order chi connectivity index (χ1) is 10.2. The van der Waals surface area contributed by atoms with Gasteiger partial charge in [-0.25, -0.2) is 0 Å². The average Bonchev–Trinajstić information content (AvgIpc) is 2.71. The van der Waals surface area contributed by atoms with Crippen molar-refractivity contribution in [2.24, 2.45) is 0 Å². The maximum absolute atomic E-state index is 12.8. The minimum Gasteiger partial charge on any atom is -0.412 e. The van der Waals surface area contributed by atoms with Crippen molar-refractivity contribution in [3.63, 3.8) is 0 Å². The first-order valence-electron chi connectivity index (χ1n) is 7.84. The fourth-order valence-electron chi connectivity index (χ4n) is 2.66. The third-order valence-electron chi connectivity index (χ3n) is 5.14. The van der Waals surface area contributed by atoms with Crippen molar-refractivity contribution in [3.8, 4) is 0 Å². The van der Waals surface area contributed by atoms with Gasteiger partial charge in [-0.2, -0.15) is 0 Å². The summed E-state index contributed by atoms with van der Waals surface area (Å²) >= 11 is 4.86. The number of β-lactam (4-membered cyclic amide) rings is 1. The van der Waals surface area contributed by atoms with Crippen molar-refractivity contribution in [1.82, 2.24) is 4.90 Å². The molecule has 2 aliphatic rings. The Balaban J connectivity index is 2.27. The van der Waals surface area contributed by atoms with Gasteiger partial charge >= 0.3 is 0 Å². The van der Waals surface area contributed by atoms with Crippen LogP contribution in [0.3, 0.4) is 0 Å². The van der Waals surface area contributed by atoms with Gasteiger partial charge in [-0.1, -0.05) is 48.5 Å². The molecule has 1 amide bonds. The SMILES string of the molecule is CC(C)=C1C(=O)S[C@H]2N1C(=O)[C@@]2(Br)[C@@H](C)O[Si](C)(C)C(C)(C)C. The molecule has 3 atom stereocenters. The molecular weight excluding hydrogens is 394 g/mol. The van der Waals surface area contributed by atoms with Gasteiger partial charge in [0, 0.05) is 0 Å². The standard InChI is InChI=1S/C16H26BrNO3SSi/c1-9(2)11-12(19)22-14-16(17,13(20)18(11)14)10(3)21-23(7,8)15(4,5)6/h10,14H,1-8H3/t10-,14-,16+/m1/s1. The van der Waals surface area contributed by atoms with Gasteiger partial charge < -0.3 is 4.43 Å². The monoisotopic (exact) mass is 419 g/mol. The molecule has 130 valence electrons. The molecule has 0 aromatic heterocycles. The minimum atomic E-state index is -2.00. The van der Waals surface area contributed by atoms with Gasteiger partial charge in [0.1, 0.15) is 5.37 Å². The highest BCUT2D eigenvalue weighted by molar-refractivity contribution is 9.10. The van der Waals surface area contributed by atoms with E-state index in [0.29, 0.717) is 5.70 Å². The summed E-state index contributed by atoms with van der Waals surface area (Å²) in [6.07, 6.45) is -0.283. The highest BCUT2D eigenvalue weighted by Gasteiger charge is 2.69. The lowest BCUT2D eigenvalue weighted by Crippen LogP contribution is -2.72. The normalized spacial score (nSPS) is 29.5. The van der Waals surface area contributed by atoms with E-state index in [9.17, 15) is 9.59 Å². The highest BCUT2D eigenvalue weighted by atomic mass is 79.9. The molecule has 0 spiro atoms. The number of alkyl halides is 1. The number of thioether (sulfide) groups is 1. The van der Waals surface area contributed by atoms with E-state index in [-0.39, 0.29) is 27.5 Å². The van der Waals surface area contributed by atoms with E-state index in [1.807, 2.05) is 20.8 Å². The summed E-state index contributed by atoms with van der Waals surface area (Å²) in [5.41, 5.74) is 1.42. The predicted octanol–water partition coefficient (Wildman–Crippen LogP) is 4.27. The zero-order valence-electron chi connectivity index (χ0n) is 15.1. The second-order valence-electron chi connectivity index (χ2n) is 8.07. The van der Waals surface area contributed by atoms with Crippen LogP contribution in [0.5, 0.6) is 0 Å². The Morgan fingerprint density at radius 1 is 1.35 bits per heavy atom. The molecule has 2 fully saturated rings. The second-order valence-corrected chi connectivity index (χ2v) is 15.2. The van der Waals surface area contributed by atoms with Crippen LogP contribution < -0.4 is 0 Å². The lowest BCUT2D eigenvalue weighted by atomic mass is 9.91. The Morgan fingerprint density at radius 3 is 2.30 bits per heavy atom. The van der Waals surface area contributed by atoms with E-state index in [0.717, 1.165) is 5.57 Å². The van der Waals surface area contributed by atoms with Gasteiger partial charge in [-0.3, -0.25) is 14.5 Å². The van der Waals surface area contributed by atoms with Crippen molar-refractivity contribution in [2.75, 3.05) is 0 Å². The highest BCUT2D eigenvalue weighted by Crippen LogP contribution is 2.56. The van der Waals surface area contributed by atoms with Crippen LogP contribution in [0.4, 0.5) is 0 Å². The number of carbonyl (C=O) groups is 2. The number of fused-ring (bicyclic) bond motifs is 1. The number of amides is 1. The largest absolute Gasteiger partial charge is 0.412 e. The topological polar surface area (TPSA) is 46.6 Å². The molecule has 2 heterocycles. The van der Waals surface area contributed by atoms with Gasteiger partial charge in [0.25, 0.3) is 5.91 Å². The Hall–Kier alpha value is -0.113. The lowest BCUT2D eigenvalue weighted by Gasteiger charge is -2.53. The molecule has 0 aliphatic carbocycles. The summed E-state index contributed by atoms with van der Waals surface area (Å²) in [5.74, 6) is -0.0664. The van der Waals surface area contributed by atoms with E-state index in [4.69, 9.17) is 4.43 Å². The number of hydrogen-bond acceptors (Lipinski definition) is 4. The predicted molar refractivity (Wildman–Crippen MR) is 101 cm³/mol. The number of allylic oxidation sites excluding steroid dienone is 1. The molecule has 0 radical (unpaired) electrons. The maximum atomic E-state index is 12.8. The molecular formula is C16H26BrNO3SSi. The molecule has 2 rings (SSSR count). The molecule has 0 aromatic carbocycles. The smallest absolute Gasteiger partial charge is 0.250 e. The van der Waals surface area contributed by atoms with E-state index >= 15 is 0 Å². The number of hydrogen-bond donors (Lipinski definition) is 0. The first-order valence-corrected chi connectivity index (χ1v) is 12.4. The van der Waals surface area contributed by atoms with E-state index in [1.54, 1.807) is 4.90 Å². The fraction of sp³-hybridized carbons (Fsp3) is 0.750. The Kier molecular flexibility index (Phi) is 4.77. The van der Waals surface area contributed by atoms with Crippen molar-refractivity contribution >= 4 is 47.0 Å². The number of rotatable bonds is 3. The molecule has 0 aromatic rings. The fourth-order valence-corrected chi connectivity index (χ4v) is 6.41. The molecule has 23 heavy (non-hydrogen) atoms. The van der Waals surface area contributed by atoms with Crippen LogP contribution in [-0.2, 0) is 14.0 Å². The third kappa shape index (κ3) is 2.77. The number of carbonyl (C=O) groups excluding carboxylic acids is 2. The minimum absolute atomic E-state index is 0.0239. The van der Waals surface area contributed by atoms with Crippen LogP contribution >= 0.6 is 27.7 Å². The molecule has 7 heteroatoms. The van der Waals surface area contributed by atoms with Crippen LogP contribution in [0.25, 0.3) is 0 Å². The van der Waals surface area contributed by atoms with Gasteiger partial charge in [-0.05, 0) is 44.5 Å². The van der Waals surface area contributed by atoms with Crippen molar-refractivity contribution in [2.45, 2.75) is 75.5 Å². The van der Waals surface area contributed by atoms with E-state index in [1.165, 1.54) is 11.8 Å². The average molecular weight is 420 g/mol. The van der Waals surface area contributed by atoms with Crippen LogP contribution in [-0.4, -0.2) is 40.0 Å². The first kappa shape index (κ1) is 19.2. The summed E-state index contributed by atoms with van der Waals surface area (Å²) in [6.45, 7) is 16.6. The summed E-state index contributed by atoms with van der Waals surface area (Å²) in [6, 6.07) is 0.